The van der Waals surface area contributed by atoms with E-state index >= 15 is 4.39 Å². The lowest BCUT2D eigenvalue weighted by molar-refractivity contribution is -0.00538. The van der Waals surface area contributed by atoms with Crippen LogP contribution in [0, 0.1) is 12.7 Å². The molecule has 1 fully saturated rings. The highest BCUT2D eigenvalue weighted by molar-refractivity contribution is 7.13. The molecule has 2 atom stereocenters. The van der Waals surface area contributed by atoms with E-state index in [-0.39, 0.29) is 23.6 Å². The molecular weight excluding hydrogens is 329 g/mol. The minimum absolute atomic E-state index is 0.0639. The van der Waals surface area contributed by atoms with Crippen LogP contribution in [0.5, 0.6) is 0 Å². The van der Waals surface area contributed by atoms with Gasteiger partial charge in [-0.1, -0.05) is 5.16 Å². The molecule has 1 aromatic carbocycles. The molecule has 1 saturated heterocycles. The Morgan fingerprint density at radius 3 is 2.67 bits per heavy atom. The smallest absolute Gasteiger partial charge is 0.205 e. The molecule has 4 rings (SSSR count). The number of aromatic nitrogens is 2. The van der Waals surface area contributed by atoms with Crippen molar-refractivity contribution in [1.82, 2.24) is 10.1 Å². The summed E-state index contributed by atoms with van der Waals surface area (Å²) < 4.78 is 26.1. The number of benzene rings is 1. The molecule has 7 heteroatoms. The van der Waals surface area contributed by atoms with Crippen LogP contribution >= 0.6 is 11.3 Å². The Kier molecular flexibility index (Phi) is 3.77. The van der Waals surface area contributed by atoms with Gasteiger partial charge in [-0.2, -0.15) is 0 Å². The molecule has 1 aliphatic rings. The maximum atomic E-state index is 15.0. The van der Waals surface area contributed by atoms with Crippen LogP contribution in [0.15, 0.2) is 22.2 Å². The summed E-state index contributed by atoms with van der Waals surface area (Å²) in [6.45, 7) is 7.22. The highest BCUT2D eigenvalue weighted by Crippen LogP contribution is 2.36. The van der Waals surface area contributed by atoms with Gasteiger partial charge in [-0.25, -0.2) is 9.37 Å². The lowest BCUT2D eigenvalue weighted by atomic mass is 10.1. The third-order valence-corrected chi connectivity index (χ3v) is 5.22. The average molecular weight is 347 g/mol. The van der Waals surface area contributed by atoms with Gasteiger partial charge in [0.05, 0.1) is 39.4 Å². The molecule has 24 heavy (non-hydrogen) atoms. The van der Waals surface area contributed by atoms with Gasteiger partial charge in [0, 0.05) is 13.1 Å². The van der Waals surface area contributed by atoms with Gasteiger partial charge in [0.25, 0.3) is 0 Å². The molecule has 1 aliphatic heterocycles. The molecule has 5 nitrogen and oxygen atoms in total. The molecule has 126 valence electrons. The Balaban J connectivity index is 1.78. The molecule has 0 aliphatic carbocycles. The second-order valence-electron chi connectivity index (χ2n) is 6.24. The zero-order chi connectivity index (χ0) is 16.8. The number of ether oxygens (including phenoxy) is 1. The summed E-state index contributed by atoms with van der Waals surface area (Å²) in [6, 6.07) is 3.68. The third kappa shape index (κ3) is 2.48. The van der Waals surface area contributed by atoms with Gasteiger partial charge in [-0.3, -0.25) is 0 Å². The first-order chi connectivity index (χ1) is 11.5. The van der Waals surface area contributed by atoms with Crippen molar-refractivity contribution in [3.63, 3.8) is 0 Å². The highest BCUT2D eigenvalue weighted by Gasteiger charge is 2.27. The Bertz CT molecular complexity index is 881. The summed E-state index contributed by atoms with van der Waals surface area (Å²) in [7, 11) is 0. The number of fused-ring (bicyclic) bond motifs is 1. The van der Waals surface area contributed by atoms with Crippen molar-refractivity contribution >= 4 is 28.0 Å². The summed E-state index contributed by atoms with van der Waals surface area (Å²) in [4.78, 5) is 7.15. The Hall–Kier alpha value is -1.99. The molecule has 0 amide bonds. The number of halogens is 1. The van der Waals surface area contributed by atoms with E-state index in [1.807, 2.05) is 31.7 Å². The first kappa shape index (κ1) is 15.5. The maximum Gasteiger partial charge on any atom is 0.205 e. The van der Waals surface area contributed by atoms with Crippen LogP contribution in [0.25, 0.3) is 21.5 Å². The van der Waals surface area contributed by atoms with E-state index < -0.39 is 0 Å². The predicted molar refractivity (Wildman–Crippen MR) is 92.0 cm³/mol. The molecular formula is C17H18FN3O2S. The summed E-state index contributed by atoms with van der Waals surface area (Å²) in [5.74, 6) is -0.366. The second-order valence-corrected chi connectivity index (χ2v) is 7.09. The highest BCUT2D eigenvalue weighted by atomic mass is 32.1. The minimum Gasteiger partial charge on any atom is -0.372 e. The summed E-state index contributed by atoms with van der Waals surface area (Å²) in [5, 5.41) is 4.77. The van der Waals surface area contributed by atoms with E-state index in [1.54, 1.807) is 11.6 Å². The molecule has 0 unspecified atom stereocenters. The molecule has 0 bridgehead atoms. The van der Waals surface area contributed by atoms with Crippen molar-refractivity contribution in [2.24, 2.45) is 0 Å². The first-order valence-electron chi connectivity index (χ1n) is 7.93. The van der Waals surface area contributed by atoms with Crippen LogP contribution in [0.3, 0.4) is 0 Å². The van der Waals surface area contributed by atoms with E-state index in [9.17, 15) is 0 Å². The van der Waals surface area contributed by atoms with E-state index in [0.717, 1.165) is 10.6 Å². The molecule has 3 aromatic rings. The van der Waals surface area contributed by atoms with Crippen LogP contribution in [0.4, 0.5) is 10.1 Å². The molecule has 0 radical (unpaired) electrons. The topological polar surface area (TPSA) is 51.4 Å². The van der Waals surface area contributed by atoms with Crippen molar-refractivity contribution in [2.75, 3.05) is 18.0 Å². The number of anilines is 1. The monoisotopic (exact) mass is 347 g/mol. The molecule has 0 spiro atoms. The van der Waals surface area contributed by atoms with Crippen LogP contribution in [0.2, 0.25) is 0 Å². The van der Waals surface area contributed by atoms with Gasteiger partial charge >= 0.3 is 0 Å². The summed E-state index contributed by atoms with van der Waals surface area (Å²) in [5.41, 5.74) is 4.01. The number of hydrogen-bond donors (Lipinski definition) is 0. The largest absolute Gasteiger partial charge is 0.372 e. The van der Waals surface area contributed by atoms with Crippen LogP contribution in [-0.2, 0) is 4.74 Å². The van der Waals surface area contributed by atoms with Crippen molar-refractivity contribution in [3.8, 4) is 10.6 Å². The lowest BCUT2D eigenvalue weighted by Gasteiger charge is -2.36. The Labute approximate surface area is 143 Å². The second kappa shape index (κ2) is 5.82. The number of hydrogen-bond acceptors (Lipinski definition) is 6. The number of morpholine rings is 1. The Morgan fingerprint density at radius 2 is 2.00 bits per heavy atom. The van der Waals surface area contributed by atoms with Crippen molar-refractivity contribution in [2.45, 2.75) is 33.0 Å². The van der Waals surface area contributed by atoms with Gasteiger partial charge < -0.3 is 14.2 Å². The average Bonchev–Trinajstić information content (AvgIpc) is 3.12. The van der Waals surface area contributed by atoms with Crippen LogP contribution in [0.1, 0.15) is 19.5 Å². The van der Waals surface area contributed by atoms with Crippen molar-refractivity contribution < 1.29 is 13.7 Å². The molecule has 0 N–H and O–H groups in total. The SMILES string of the molecule is Cc1ncsc1-c1noc2c(F)c(N3C[C@@H](C)O[C@@H](C)C3)ccc12. The summed E-state index contributed by atoms with van der Waals surface area (Å²) in [6.07, 6.45) is 0.128. The molecule has 2 aromatic heterocycles. The van der Waals surface area contributed by atoms with Crippen molar-refractivity contribution in [3.05, 3.63) is 29.2 Å². The zero-order valence-corrected chi connectivity index (χ0v) is 14.6. The van der Waals surface area contributed by atoms with Gasteiger partial charge in [0.2, 0.25) is 5.58 Å². The van der Waals surface area contributed by atoms with Gasteiger partial charge in [0.1, 0.15) is 5.69 Å². The number of thiazole rings is 1. The van der Waals surface area contributed by atoms with E-state index in [2.05, 4.69) is 10.1 Å². The first-order valence-corrected chi connectivity index (χ1v) is 8.81. The fourth-order valence-corrected chi connectivity index (χ4v) is 4.07. The van der Waals surface area contributed by atoms with E-state index in [4.69, 9.17) is 9.26 Å². The van der Waals surface area contributed by atoms with Crippen LogP contribution < -0.4 is 4.90 Å². The van der Waals surface area contributed by atoms with Gasteiger partial charge in [-0.05, 0) is 32.9 Å². The fourth-order valence-electron chi connectivity index (χ4n) is 3.27. The maximum absolute atomic E-state index is 15.0. The standard InChI is InChI=1S/C17H18FN3O2S/c1-9-6-21(7-10(2)22-9)13-5-4-12-15(17-11(3)19-8-24-17)20-23-16(12)14(13)18/h4-5,8-10H,6-7H2,1-3H3/t9-,10+. The number of aryl methyl sites for hydroxylation is 1. The minimum atomic E-state index is -0.366. The summed E-state index contributed by atoms with van der Waals surface area (Å²) >= 11 is 1.48. The van der Waals surface area contributed by atoms with Crippen molar-refractivity contribution in [1.29, 1.82) is 0 Å². The third-order valence-electron chi connectivity index (χ3n) is 4.28. The zero-order valence-electron chi connectivity index (χ0n) is 13.7. The van der Waals surface area contributed by atoms with E-state index in [1.165, 1.54) is 11.3 Å². The molecule has 0 saturated carbocycles. The molecule has 3 heterocycles. The van der Waals surface area contributed by atoms with Gasteiger partial charge in [-0.15, -0.1) is 11.3 Å². The van der Waals surface area contributed by atoms with Crippen LogP contribution in [-0.4, -0.2) is 35.4 Å². The fraction of sp³-hybridized carbons (Fsp3) is 0.412. The number of nitrogens with zero attached hydrogens (tertiary/aromatic N) is 3. The normalized spacial score (nSPS) is 21.6. The lowest BCUT2D eigenvalue weighted by Crippen LogP contribution is -2.45. The van der Waals surface area contributed by atoms with Gasteiger partial charge in [0.15, 0.2) is 5.82 Å². The predicted octanol–water partition coefficient (Wildman–Crippen LogP) is 4.01. The quantitative estimate of drug-likeness (QED) is 0.701. The number of rotatable bonds is 2. The van der Waals surface area contributed by atoms with E-state index in [0.29, 0.717) is 29.9 Å². The Morgan fingerprint density at radius 1 is 1.25 bits per heavy atom.